The molecule has 1 N–H and O–H groups in total. The molecule has 2 unspecified atom stereocenters. The maximum absolute atomic E-state index is 12.9. The molecule has 0 spiro atoms. The molecule has 2 atom stereocenters. The minimum absolute atomic E-state index is 0.138. The predicted octanol–water partition coefficient (Wildman–Crippen LogP) is 2.91. The fourth-order valence-electron chi connectivity index (χ4n) is 2.26. The number of alkyl halides is 3. The number of hydrogen-bond acceptors (Lipinski definition) is 2. The molecule has 1 aromatic rings. The zero-order valence-electron chi connectivity index (χ0n) is 10.1. The van der Waals surface area contributed by atoms with Crippen molar-refractivity contribution in [2.24, 2.45) is 5.92 Å². The van der Waals surface area contributed by atoms with Crippen molar-refractivity contribution in [3.8, 4) is 0 Å². The van der Waals surface area contributed by atoms with Crippen molar-refractivity contribution in [1.82, 2.24) is 0 Å². The molecule has 0 aromatic heterocycles. The minimum atomic E-state index is -4.36. The molecule has 1 aromatic carbocycles. The first-order valence-electron chi connectivity index (χ1n) is 5.99. The van der Waals surface area contributed by atoms with Crippen molar-refractivity contribution in [2.75, 3.05) is 18.0 Å². The number of β-amino-alcohol motifs (C(OH)–C–C–N with tert-alkyl or cyclic N) is 1. The Balaban J connectivity index is 2.29. The summed E-state index contributed by atoms with van der Waals surface area (Å²) in [6.45, 7) is 2.72. The molecule has 2 nitrogen and oxygen atoms in total. The Morgan fingerprint density at radius 1 is 1.28 bits per heavy atom. The first-order valence-corrected chi connectivity index (χ1v) is 5.99. The molecule has 0 bridgehead atoms. The highest BCUT2D eigenvalue weighted by molar-refractivity contribution is 5.55. The second-order valence-electron chi connectivity index (χ2n) is 4.79. The first kappa shape index (κ1) is 13.2. The highest BCUT2D eigenvalue weighted by Crippen LogP contribution is 2.37. The van der Waals surface area contributed by atoms with Gasteiger partial charge < -0.3 is 10.0 Å². The molecule has 1 aliphatic rings. The number of nitrogens with zero attached hydrogens (tertiary/aromatic N) is 1. The number of aliphatic hydroxyl groups excluding tert-OH is 1. The van der Waals surface area contributed by atoms with E-state index in [4.69, 9.17) is 0 Å². The second kappa shape index (κ2) is 4.80. The van der Waals surface area contributed by atoms with Gasteiger partial charge in [-0.25, -0.2) is 0 Å². The average molecular weight is 259 g/mol. The van der Waals surface area contributed by atoms with Crippen LogP contribution in [0.2, 0.25) is 0 Å². The molecule has 5 heteroatoms. The van der Waals surface area contributed by atoms with E-state index in [0.29, 0.717) is 13.0 Å². The van der Waals surface area contributed by atoms with Crippen LogP contribution in [0.15, 0.2) is 24.3 Å². The number of aliphatic hydroxyl groups is 1. The zero-order chi connectivity index (χ0) is 13.3. The van der Waals surface area contributed by atoms with Gasteiger partial charge in [0.15, 0.2) is 0 Å². The van der Waals surface area contributed by atoms with E-state index >= 15 is 0 Å². The van der Waals surface area contributed by atoms with Gasteiger partial charge in [-0.2, -0.15) is 13.2 Å². The third kappa shape index (κ3) is 2.61. The predicted molar refractivity (Wildman–Crippen MR) is 63.4 cm³/mol. The SMILES string of the molecule is CC1CCN(c2ccccc2C(F)(F)F)CC1O. The topological polar surface area (TPSA) is 23.5 Å². The van der Waals surface area contributed by atoms with E-state index < -0.39 is 17.8 Å². The summed E-state index contributed by atoms with van der Waals surface area (Å²) < 4.78 is 38.7. The van der Waals surface area contributed by atoms with E-state index in [2.05, 4.69) is 0 Å². The standard InChI is InChI=1S/C13H16F3NO/c1-9-6-7-17(8-12(9)18)11-5-3-2-4-10(11)13(14,15)16/h2-5,9,12,18H,6-8H2,1H3. The molecule has 18 heavy (non-hydrogen) atoms. The lowest BCUT2D eigenvalue weighted by Crippen LogP contribution is -2.43. The van der Waals surface area contributed by atoms with Crippen LogP contribution in [0.1, 0.15) is 18.9 Å². The van der Waals surface area contributed by atoms with Gasteiger partial charge in [-0.1, -0.05) is 19.1 Å². The van der Waals surface area contributed by atoms with E-state index in [1.165, 1.54) is 12.1 Å². The lowest BCUT2D eigenvalue weighted by Gasteiger charge is -2.37. The van der Waals surface area contributed by atoms with Gasteiger partial charge in [0.1, 0.15) is 0 Å². The summed E-state index contributed by atoms with van der Waals surface area (Å²) in [7, 11) is 0. The second-order valence-corrected chi connectivity index (χ2v) is 4.79. The number of anilines is 1. The van der Waals surface area contributed by atoms with Crippen LogP contribution in [0.3, 0.4) is 0 Å². The normalized spacial score (nSPS) is 25.3. The summed E-state index contributed by atoms with van der Waals surface area (Å²) in [6.07, 6.45) is -4.22. The van der Waals surface area contributed by atoms with Crippen molar-refractivity contribution >= 4 is 5.69 Å². The Morgan fingerprint density at radius 3 is 2.56 bits per heavy atom. The lowest BCUT2D eigenvalue weighted by atomic mass is 9.95. The van der Waals surface area contributed by atoms with Crippen molar-refractivity contribution in [3.63, 3.8) is 0 Å². The Labute approximate surface area is 104 Å². The maximum Gasteiger partial charge on any atom is 0.418 e. The Kier molecular flexibility index (Phi) is 3.52. The molecule has 1 aliphatic heterocycles. The van der Waals surface area contributed by atoms with Crippen molar-refractivity contribution in [1.29, 1.82) is 0 Å². The maximum atomic E-state index is 12.9. The molecule has 0 radical (unpaired) electrons. The summed E-state index contributed by atoms with van der Waals surface area (Å²) in [6, 6.07) is 5.52. The van der Waals surface area contributed by atoms with Crippen molar-refractivity contribution in [2.45, 2.75) is 25.6 Å². The molecule has 1 saturated heterocycles. The van der Waals surface area contributed by atoms with Crippen LogP contribution in [-0.2, 0) is 6.18 Å². The van der Waals surface area contributed by atoms with Crippen LogP contribution in [0.4, 0.5) is 18.9 Å². The fraction of sp³-hybridized carbons (Fsp3) is 0.538. The molecule has 1 heterocycles. The lowest BCUT2D eigenvalue weighted by molar-refractivity contribution is -0.137. The summed E-state index contributed by atoms with van der Waals surface area (Å²) in [5.74, 6) is 0.138. The van der Waals surface area contributed by atoms with E-state index in [1.807, 2.05) is 6.92 Å². The number of piperidine rings is 1. The molecular formula is C13H16F3NO. The number of halogens is 3. The molecule has 2 rings (SSSR count). The summed E-state index contributed by atoms with van der Waals surface area (Å²) >= 11 is 0. The highest BCUT2D eigenvalue weighted by atomic mass is 19.4. The highest BCUT2D eigenvalue weighted by Gasteiger charge is 2.36. The minimum Gasteiger partial charge on any atom is -0.391 e. The van der Waals surface area contributed by atoms with Crippen LogP contribution in [0.25, 0.3) is 0 Å². The monoisotopic (exact) mass is 259 g/mol. The van der Waals surface area contributed by atoms with Gasteiger partial charge in [-0.3, -0.25) is 0 Å². The quantitative estimate of drug-likeness (QED) is 0.838. The van der Waals surface area contributed by atoms with Gasteiger partial charge in [-0.15, -0.1) is 0 Å². The summed E-state index contributed by atoms with van der Waals surface area (Å²) in [5.41, 5.74) is -0.470. The molecule has 0 saturated carbocycles. The Hall–Kier alpha value is -1.23. The largest absolute Gasteiger partial charge is 0.418 e. The molecule has 100 valence electrons. The number of para-hydroxylation sites is 1. The molecule has 1 fully saturated rings. The van der Waals surface area contributed by atoms with Gasteiger partial charge in [0.25, 0.3) is 0 Å². The van der Waals surface area contributed by atoms with Crippen molar-refractivity contribution in [3.05, 3.63) is 29.8 Å². The van der Waals surface area contributed by atoms with Crippen LogP contribution in [0.5, 0.6) is 0 Å². The number of rotatable bonds is 1. The van der Waals surface area contributed by atoms with Crippen LogP contribution >= 0.6 is 0 Å². The molecule has 0 amide bonds. The smallest absolute Gasteiger partial charge is 0.391 e. The van der Waals surface area contributed by atoms with Crippen LogP contribution in [-0.4, -0.2) is 24.3 Å². The average Bonchev–Trinajstić information content (AvgIpc) is 2.32. The fourth-order valence-corrected chi connectivity index (χ4v) is 2.26. The van der Waals surface area contributed by atoms with Gasteiger partial charge in [0.2, 0.25) is 0 Å². The Morgan fingerprint density at radius 2 is 1.94 bits per heavy atom. The van der Waals surface area contributed by atoms with E-state index in [9.17, 15) is 18.3 Å². The van der Waals surface area contributed by atoms with E-state index in [-0.39, 0.29) is 18.2 Å². The first-order chi connectivity index (χ1) is 8.39. The van der Waals surface area contributed by atoms with Crippen LogP contribution < -0.4 is 4.90 Å². The summed E-state index contributed by atoms with van der Waals surface area (Å²) in [4.78, 5) is 1.62. The van der Waals surface area contributed by atoms with Gasteiger partial charge >= 0.3 is 6.18 Å². The van der Waals surface area contributed by atoms with E-state index in [1.54, 1.807) is 11.0 Å². The molecule has 0 aliphatic carbocycles. The number of benzene rings is 1. The number of hydrogen-bond donors (Lipinski definition) is 1. The van der Waals surface area contributed by atoms with Crippen molar-refractivity contribution < 1.29 is 18.3 Å². The zero-order valence-corrected chi connectivity index (χ0v) is 10.1. The third-order valence-corrected chi connectivity index (χ3v) is 3.47. The third-order valence-electron chi connectivity index (χ3n) is 3.47. The van der Waals surface area contributed by atoms with E-state index in [0.717, 1.165) is 6.07 Å². The molecular weight excluding hydrogens is 243 g/mol. The van der Waals surface area contributed by atoms with Gasteiger partial charge in [0.05, 0.1) is 11.7 Å². The Bertz CT molecular complexity index is 419. The van der Waals surface area contributed by atoms with Gasteiger partial charge in [-0.05, 0) is 24.5 Å². The van der Waals surface area contributed by atoms with Crippen LogP contribution in [0, 0.1) is 5.92 Å². The van der Waals surface area contributed by atoms with Gasteiger partial charge in [0, 0.05) is 18.8 Å². The summed E-state index contributed by atoms with van der Waals surface area (Å²) in [5, 5.41) is 9.78.